The minimum atomic E-state index is 0.840. The summed E-state index contributed by atoms with van der Waals surface area (Å²) in [7, 11) is 0. The quantitative estimate of drug-likeness (QED) is 0.121. The van der Waals surface area contributed by atoms with Crippen LogP contribution in [0.15, 0.2) is 59.8 Å². The van der Waals surface area contributed by atoms with Crippen LogP contribution in [0.1, 0.15) is 141 Å². The first-order valence-electron chi connectivity index (χ1n) is 15.7. The lowest BCUT2D eigenvalue weighted by molar-refractivity contribution is 0.304. The lowest BCUT2D eigenvalue weighted by Crippen LogP contribution is -1.97. The SMILES string of the molecule is CCCCCCCCCCCCCCCCCCCCCCOc1ccc(/C=C/Br)cc1.c1ccncc1. The van der Waals surface area contributed by atoms with Crippen molar-refractivity contribution in [1.82, 2.24) is 4.98 Å². The van der Waals surface area contributed by atoms with E-state index in [0.29, 0.717) is 0 Å². The van der Waals surface area contributed by atoms with Gasteiger partial charge in [-0.3, -0.25) is 4.98 Å². The maximum Gasteiger partial charge on any atom is 0.119 e. The van der Waals surface area contributed by atoms with Crippen LogP contribution < -0.4 is 4.74 Å². The third kappa shape index (κ3) is 23.5. The molecule has 0 N–H and O–H groups in total. The van der Waals surface area contributed by atoms with Crippen molar-refractivity contribution < 1.29 is 4.74 Å². The van der Waals surface area contributed by atoms with E-state index in [1.54, 1.807) is 12.4 Å². The molecule has 0 unspecified atom stereocenters. The first-order valence-corrected chi connectivity index (χ1v) is 16.6. The molecule has 0 amide bonds. The number of aromatic nitrogens is 1. The highest BCUT2D eigenvalue weighted by Gasteiger charge is 1.97. The van der Waals surface area contributed by atoms with E-state index >= 15 is 0 Å². The monoisotopic (exact) mass is 585 g/mol. The largest absolute Gasteiger partial charge is 0.494 e. The van der Waals surface area contributed by atoms with E-state index in [4.69, 9.17) is 4.74 Å². The zero-order valence-electron chi connectivity index (χ0n) is 24.4. The zero-order valence-corrected chi connectivity index (χ0v) is 26.0. The number of pyridine rings is 1. The Labute approximate surface area is 244 Å². The van der Waals surface area contributed by atoms with Crippen LogP contribution in [0.3, 0.4) is 0 Å². The molecule has 0 aliphatic rings. The number of rotatable bonds is 23. The van der Waals surface area contributed by atoms with Crippen LogP contribution in [0.4, 0.5) is 0 Å². The van der Waals surface area contributed by atoms with Crippen molar-refractivity contribution in [2.24, 2.45) is 0 Å². The number of hydrogen-bond donors (Lipinski definition) is 0. The van der Waals surface area contributed by atoms with Gasteiger partial charge in [-0.15, -0.1) is 0 Å². The first-order chi connectivity index (χ1) is 18.9. The third-order valence-corrected chi connectivity index (χ3v) is 7.23. The number of benzene rings is 1. The van der Waals surface area contributed by atoms with Gasteiger partial charge in [-0.25, -0.2) is 0 Å². The molecule has 2 aromatic rings. The molecule has 0 spiro atoms. The Hall–Kier alpha value is -1.61. The second-order valence-electron chi connectivity index (χ2n) is 10.5. The second-order valence-corrected chi connectivity index (χ2v) is 11.0. The van der Waals surface area contributed by atoms with Crippen molar-refractivity contribution in [1.29, 1.82) is 0 Å². The van der Waals surface area contributed by atoms with Crippen LogP contribution >= 0.6 is 15.9 Å². The molecule has 0 aliphatic carbocycles. The summed E-state index contributed by atoms with van der Waals surface area (Å²) in [5.74, 6) is 0.981. The van der Waals surface area contributed by atoms with Gasteiger partial charge in [0.25, 0.3) is 0 Å². The van der Waals surface area contributed by atoms with E-state index in [1.165, 1.54) is 134 Å². The molecule has 0 fully saturated rings. The van der Waals surface area contributed by atoms with Crippen LogP contribution in [-0.4, -0.2) is 11.6 Å². The van der Waals surface area contributed by atoms with Crippen LogP contribution in [0.5, 0.6) is 5.75 Å². The Kier molecular flexibility index (Phi) is 25.7. The summed E-state index contributed by atoms with van der Waals surface area (Å²) in [6, 6.07) is 14.0. The Bertz CT molecular complexity index is 705. The summed E-state index contributed by atoms with van der Waals surface area (Å²) >= 11 is 3.31. The van der Waals surface area contributed by atoms with Crippen LogP contribution in [0, 0.1) is 0 Å². The minimum Gasteiger partial charge on any atom is -0.494 e. The van der Waals surface area contributed by atoms with Gasteiger partial charge in [0.05, 0.1) is 6.61 Å². The Morgan fingerprint density at radius 1 is 0.579 bits per heavy atom. The van der Waals surface area contributed by atoms with E-state index in [1.807, 2.05) is 29.3 Å². The molecule has 0 saturated carbocycles. The molecule has 1 aromatic carbocycles. The summed E-state index contributed by atoms with van der Waals surface area (Å²) in [6.07, 6.45) is 34.0. The number of hydrogen-bond acceptors (Lipinski definition) is 2. The van der Waals surface area contributed by atoms with E-state index in [9.17, 15) is 0 Å². The fourth-order valence-electron chi connectivity index (χ4n) is 4.61. The van der Waals surface area contributed by atoms with Crippen molar-refractivity contribution in [3.05, 3.63) is 65.4 Å². The number of ether oxygens (including phenoxy) is 1. The van der Waals surface area contributed by atoms with Gasteiger partial charge in [-0.2, -0.15) is 0 Å². The number of halogens is 1. The molecule has 3 heteroatoms. The van der Waals surface area contributed by atoms with Crippen molar-refractivity contribution in [2.75, 3.05) is 6.61 Å². The molecule has 0 saturated heterocycles. The third-order valence-electron chi connectivity index (χ3n) is 6.97. The summed E-state index contributed by atoms with van der Waals surface area (Å²) in [5.41, 5.74) is 1.19. The van der Waals surface area contributed by atoms with Crippen molar-refractivity contribution in [2.45, 2.75) is 135 Å². The fourth-order valence-corrected chi connectivity index (χ4v) is 4.91. The van der Waals surface area contributed by atoms with E-state index in [-0.39, 0.29) is 0 Å². The Morgan fingerprint density at radius 2 is 1.00 bits per heavy atom. The highest BCUT2D eigenvalue weighted by atomic mass is 79.9. The highest BCUT2D eigenvalue weighted by Crippen LogP contribution is 2.16. The molecule has 0 bridgehead atoms. The average molecular weight is 587 g/mol. The average Bonchev–Trinajstić information content (AvgIpc) is 2.96. The smallest absolute Gasteiger partial charge is 0.119 e. The highest BCUT2D eigenvalue weighted by molar-refractivity contribution is 9.11. The molecule has 1 aromatic heterocycles. The topological polar surface area (TPSA) is 22.1 Å². The minimum absolute atomic E-state index is 0.840. The standard InChI is InChI=1S/C30H51BrO.C5H5N/c1-2-3-4-5-6-7-8-9-10-11-12-13-14-15-16-17-18-19-20-21-28-32-30-24-22-29(23-25-30)26-27-31;1-2-4-6-5-3-1/h22-27H,2-21,28H2,1H3;1-5H/b27-26+;. The Balaban J connectivity index is 0.00000105. The molecule has 38 heavy (non-hydrogen) atoms. The molecule has 214 valence electrons. The summed E-state index contributed by atoms with van der Waals surface area (Å²) in [6.45, 7) is 3.14. The van der Waals surface area contributed by atoms with Crippen molar-refractivity contribution in [3.63, 3.8) is 0 Å². The molecule has 2 nitrogen and oxygen atoms in total. The van der Waals surface area contributed by atoms with E-state index < -0.39 is 0 Å². The van der Waals surface area contributed by atoms with Gasteiger partial charge >= 0.3 is 0 Å². The van der Waals surface area contributed by atoms with Gasteiger partial charge in [-0.05, 0) is 47.3 Å². The summed E-state index contributed by atoms with van der Waals surface area (Å²) in [5, 5.41) is 0. The molecule has 0 aliphatic heterocycles. The van der Waals surface area contributed by atoms with Crippen molar-refractivity contribution in [3.8, 4) is 5.75 Å². The van der Waals surface area contributed by atoms with Gasteiger partial charge in [0.2, 0.25) is 0 Å². The lowest BCUT2D eigenvalue weighted by atomic mass is 10.0. The predicted molar refractivity (Wildman–Crippen MR) is 172 cm³/mol. The maximum absolute atomic E-state index is 5.84. The molecular formula is C35H56BrNO. The Morgan fingerprint density at radius 3 is 1.34 bits per heavy atom. The first kappa shape index (κ1) is 34.4. The van der Waals surface area contributed by atoms with Crippen molar-refractivity contribution >= 4 is 22.0 Å². The molecule has 0 atom stereocenters. The van der Waals surface area contributed by atoms with Gasteiger partial charge in [-0.1, -0.05) is 163 Å². The molecule has 0 radical (unpaired) electrons. The maximum atomic E-state index is 5.84. The second kappa shape index (κ2) is 28.4. The van der Waals surface area contributed by atoms with Gasteiger partial charge in [0, 0.05) is 12.4 Å². The van der Waals surface area contributed by atoms with Gasteiger partial charge in [0.15, 0.2) is 0 Å². The normalized spacial score (nSPS) is 10.9. The summed E-state index contributed by atoms with van der Waals surface area (Å²) < 4.78 is 5.84. The lowest BCUT2D eigenvalue weighted by Gasteiger charge is -2.06. The van der Waals surface area contributed by atoms with E-state index in [2.05, 4.69) is 52.1 Å². The molecule has 1 heterocycles. The van der Waals surface area contributed by atoms with Gasteiger partial charge < -0.3 is 4.74 Å². The van der Waals surface area contributed by atoms with Gasteiger partial charge in [0.1, 0.15) is 5.75 Å². The summed E-state index contributed by atoms with van der Waals surface area (Å²) in [4.78, 5) is 5.66. The zero-order chi connectivity index (χ0) is 27.2. The van der Waals surface area contributed by atoms with Crippen LogP contribution in [0.25, 0.3) is 6.08 Å². The van der Waals surface area contributed by atoms with Crippen LogP contribution in [0.2, 0.25) is 0 Å². The molecule has 2 rings (SSSR count). The fraction of sp³-hybridized carbons (Fsp3) is 0.629. The predicted octanol–water partition coefficient (Wildman–Crippen LogP) is 12.3. The molecular weight excluding hydrogens is 530 g/mol. The number of nitrogens with zero attached hydrogens (tertiary/aromatic N) is 1. The van der Waals surface area contributed by atoms with Crippen LogP contribution in [-0.2, 0) is 0 Å². The van der Waals surface area contributed by atoms with E-state index in [0.717, 1.165) is 12.4 Å². The number of unbranched alkanes of at least 4 members (excludes halogenated alkanes) is 19.